The monoisotopic (exact) mass is 261 g/mol. The summed E-state index contributed by atoms with van der Waals surface area (Å²) in [5, 5.41) is 3.94. The standard InChI is InChI=1S/C14H19N3O2/c1-10(2)11-3-5-12(6-4-11)14-16-13(19-17-14)9-18-8-7-15/h3-6,10H,7-9,15H2,1-2H3. The summed E-state index contributed by atoms with van der Waals surface area (Å²) < 4.78 is 10.4. The van der Waals surface area contributed by atoms with E-state index in [1.54, 1.807) is 0 Å². The van der Waals surface area contributed by atoms with Crippen LogP contribution in [-0.2, 0) is 11.3 Å². The maximum absolute atomic E-state index is 5.34. The van der Waals surface area contributed by atoms with E-state index in [4.69, 9.17) is 15.0 Å². The topological polar surface area (TPSA) is 74.2 Å². The van der Waals surface area contributed by atoms with Gasteiger partial charge in [0.15, 0.2) is 0 Å². The smallest absolute Gasteiger partial charge is 0.252 e. The minimum Gasteiger partial charge on any atom is -0.370 e. The molecule has 102 valence electrons. The van der Waals surface area contributed by atoms with Gasteiger partial charge in [0.2, 0.25) is 5.82 Å². The van der Waals surface area contributed by atoms with E-state index in [0.717, 1.165) is 5.56 Å². The van der Waals surface area contributed by atoms with Gasteiger partial charge in [0, 0.05) is 12.1 Å². The maximum atomic E-state index is 5.34. The molecule has 2 N–H and O–H groups in total. The molecule has 19 heavy (non-hydrogen) atoms. The second-order valence-electron chi connectivity index (χ2n) is 4.63. The number of rotatable bonds is 6. The Morgan fingerprint density at radius 1 is 1.26 bits per heavy atom. The zero-order valence-corrected chi connectivity index (χ0v) is 11.3. The maximum Gasteiger partial charge on any atom is 0.252 e. The molecule has 0 atom stereocenters. The van der Waals surface area contributed by atoms with Crippen molar-refractivity contribution in [3.63, 3.8) is 0 Å². The minimum absolute atomic E-state index is 0.300. The lowest BCUT2D eigenvalue weighted by Crippen LogP contribution is -2.08. The minimum atomic E-state index is 0.300. The molecule has 2 aromatic rings. The van der Waals surface area contributed by atoms with Crippen molar-refractivity contribution < 1.29 is 9.26 Å². The van der Waals surface area contributed by atoms with Gasteiger partial charge < -0.3 is 15.0 Å². The summed E-state index contributed by atoms with van der Waals surface area (Å²) in [6.07, 6.45) is 0. The van der Waals surface area contributed by atoms with Gasteiger partial charge >= 0.3 is 0 Å². The summed E-state index contributed by atoms with van der Waals surface area (Å²) in [5.74, 6) is 1.57. The van der Waals surface area contributed by atoms with Crippen LogP contribution in [0.5, 0.6) is 0 Å². The molecular formula is C14H19N3O2. The van der Waals surface area contributed by atoms with Gasteiger partial charge in [-0.25, -0.2) is 0 Å². The Labute approximate surface area is 112 Å². The van der Waals surface area contributed by atoms with Crippen LogP contribution in [0.2, 0.25) is 0 Å². The first-order chi connectivity index (χ1) is 9.20. The highest BCUT2D eigenvalue weighted by molar-refractivity contribution is 5.54. The Morgan fingerprint density at radius 2 is 2.00 bits per heavy atom. The van der Waals surface area contributed by atoms with Gasteiger partial charge in [-0.1, -0.05) is 43.3 Å². The Bertz CT molecular complexity index is 506. The summed E-state index contributed by atoms with van der Waals surface area (Å²) >= 11 is 0. The predicted molar refractivity (Wildman–Crippen MR) is 72.5 cm³/mol. The van der Waals surface area contributed by atoms with Crippen LogP contribution in [0.25, 0.3) is 11.4 Å². The van der Waals surface area contributed by atoms with Crippen molar-refractivity contribution in [2.45, 2.75) is 26.4 Å². The molecule has 2 rings (SSSR count). The first-order valence-electron chi connectivity index (χ1n) is 6.41. The molecule has 5 nitrogen and oxygen atoms in total. The van der Waals surface area contributed by atoms with Crippen molar-refractivity contribution in [3.05, 3.63) is 35.7 Å². The number of ether oxygens (including phenoxy) is 1. The normalized spacial score (nSPS) is 11.2. The van der Waals surface area contributed by atoms with Crippen molar-refractivity contribution in [2.75, 3.05) is 13.2 Å². The molecule has 1 heterocycles. The van der Waals surface area contributed by atoms with Crippen LogP contribution in [-0.4, -0.2) is 23.3 Å². The Morgan fingerprint density at radius 3 is 2.63 bits per heavy atom. The van der Waals surface area contributed by atoms with E-state index in [1.807, 2.05) is 12.1 Å². The molecule has 0 radical (unpaired) electrons. The van der Waals surface area contributed by atoms with E-state index >= 15 is 0 Å². The Kier molecular flexibility index (Phi) is 4.65. The lowest BCUT2D eigenvalue weighted by atomic mass is 10.0. The molecule has 0 aliphatic carbocycles. The van der Waals surface area contributed by atoms with Crippen LogP contribution < -0.4 is 5.73 Å². The molecule has 0 fully saturated rings. The van der Waals surface area contributed by atoms with E-state index in [2.05, 4.69) is 36.1 Å². The number of nitrogens with zero attached hydrogens (tertiary/aromatic N) is 2. The number of aromatic nitrogens is 2. The van der Waals surface area contributed by atoms with Gasteiger partial charge in [-0.2, -0.15) is 4.98 Å². The third-order valence-electron chi connectivity index (χ3n) is 2.79. The van der Waals surface area contributed by atoms with Crippen LogP contribution in [0.4, 0.5) is 0 Å². The molecule has 1 aromatic carbocycles. The summed E-state index contributed by atoms with van der Waals surface area (Å²) in [5.41, 5.74) is 7.57. The molecule has 0 amide bonds. The Hall–Kier alpha value is -1.72. The first-order valence-corrected chi connectivity index (χ1v) is 6.41. The number of nitrogens with two attached hydrogens (primary N) is 1. The quantitative estimate of drug-likeness (QED) is 0.808. The average Bonchev–Trinajstić information content (AvgIpc) is 2.88. The Balaban J connectivity index is 2.05. The molecule has 0 aliphatic rings. The van der Waals surface area contributed by atoms with Gasteiger partial charge in [-0.15, -0.1) is 0 Å². The molecule has 0 aliphatic heterocycles. The number of hydrogen-bond donors (Lipinski definition) is 1. The molecule has 0 spiro atoms. The lowest BCUT2D eigenvalue weighted by molar-refractivity contribution is 0.104. The van der Waals surface area contributed by atoms with Crippen LogP contribution in [0.15, 0.2) is 28.8 Å². The van der Waals surface area contributed by atoms with Crippen LogP contribution in [0.3, 0.4) is 0 Å². The molecule has 0 saturated carbocycles. The lowest BCUT2D eigenvalue weighted by Gasteiger charge is -2.04. The second-order valence-corrected chi connectivity index (χ2v) is 4.63. The number of hydrogen-bond acceptors (Lipinski definition) is 5. The second kappa shape index (κ2) is 6.45. The van der Waals surface area contributed by atoms with E-state index in [1.165, 1.54) is 5.56 Å². The fourth-order valence-corrected chi connectivity index (χ4v) is 1.69. The van der Waals surface area contributed by atoms with Crippen molar-refractivity contribution >= 4 is 0 Å². The van der Waals surface area contributed by atoms with Gasteiger partial charge in [0.1, 0.15) is 6.61 Å². The summed E-state index contributed by atoms with van der Waals surface area (Å²) in [6.45, 7) is 5.60. The highest BCUT2D eigenvalue weighted by atomic mass is 16.5. The fraction of sp³-hybridized carbons (Fsp3) is 0.429. The van der Waals surface area contributed by atoms with E-state index in [-0.39, 0.29) is 0 Å². The van der Waals surface area contributed by atoms with Crippen molar-refractivity contribution in [1.82, 2.24) is 10.1 Å². The van der Waals surface area contributed by atoms with Crippen molar-refractivity contribution in [1.29, 1.82) is 0 Å². The molecule has 1 aromatic heterocycles. The largest absolute Gasteiger partial charge is 0.370 e. The number of benzene rings is 1. The highest BCUT2D eigenvalue weighted by Crippen LogP contribution is 2.20. The van der Waals surface area contributed by atoms with Crippen molar-refractivity contribution in [3.8, 4) is 11.4 Å². The van der Waals surface area contributed by atoms with Gasteiger partial charge in [0.25, 0.3) is 5.89 Å². The van der Waals surface area contributed by atoms with Crippen LogP contribution >= 0.6 is 0 Å². The molecule has 0 bridgehead atoms. The fourth-order valence-electron chi connectivity index (χ4n) is 1.69. The molecule has 5 heteroatoms. The SMILES string of the molecule is CC(C)c1ccc(-c2noc(COCCN)n2)cc1. The summed E-state index contributed by atoms with van der Waals surface area (Å²) in [4.78, 5) is 4.28. The predicted octanol–water partition coefficient (Wildman–Crippen LogP) is 2.34. The van der Waals surface area contributed by atoms with Gasteiger partial charge in [-0.05, 0) is 11.5 Å². The van der Waals surface area contributed by atoms with Crippen molar-refractivity contribution in [2.24, 2.45) is 5.73 Å². The van der Waals surface area contributed by atoms with E-state index < -0.39 is 0 Å². The van der Waals surface area contributed by atoms with Gasteiger partial charge in [-0.3, -0.25) is 0 Å². The molecular weight excluding hydrogens is 242 g/mol. The summed E-state index contributed by atoms with van der Waals surface area (Å²) in [7, 11) is 0. The zero-order valence-electron chi connectivity index (χ0n) is 11.3. The third-order valence-corrected chi connectivity index (χ3v) is 2.79. The zero-order chi connectivity index (χ0) is 13.7. The van der Waals surface area contributed by atoms with Gasteiger partial charge in [0.05, 0.1) is 6.61 Å². The van der Waals surface area contributed by atoms with E-state index in [0.29, 0.717) is 37.4 Å². The average molecular weight is 261 g/mol. The van der Waals surface area contributed by atoms with Crippen LogP contribution in [0.1, 0.15) is 31.2 Å². The third kappa shape index (κ3) is 3.62. The van der Waals surface area contributed by atoms with Crippen LogP contribution in [0, 0.1) is 0 Å². The summed E-state index contributed by atoms with van der Waals surface area (Å²) in [6, 6.07) is 8.18. The highest BCUT2D eigenvalue weighted by Gasteiger charge is 2.09. The molecule has 0 saturated heterocycles. The molecule has 0 unspecified atom stereocenters. The van der Waals surface area contributed by atoms with E-state index in [9.17, 15) is 0 Å². The first kappa shape index (κ1) is 13.7.